The normalized spacial score (nSPS) is 20.5. The molecule has 34 heavy (non-hydrogen) atoms. The van der Waals surface area contributed by atoms with Crippen LogP contribution in [0.2, 0.25) is 0 Å². The molecule has 1 saturated carbocycles. The van der Waals surface area contributed by atoms with Crippen LogP contribution < -0.4 is 14.2 Å². The first-order valence-electron chi connectivity index (χ1n) is 11.4. The van der Waals surface area contributed by atoms with Gasteiger partial charge in [0.25, 0.3) is 0 Å². The van der Waals surface area contributed by atoms with Gasteiger partial charge >= 0.3 is 5.97 Å². The Kier molecular flexibility index (Phi) is 6.11. The van der Waals surface area contributed by atoms with E-state index >= 15 is 0 Å². The van der Waals surface area contributed by atoms with Crippen LogP contribution >= 0.6 is 0 Å². The Bertz CT molecular complexity index is 1170. The van der Waals surface area contributed by atoms with Gasteiger partial charge in [-0.1, -0.05) is 12.1 Å². The van der Waals surface area contributed by atoms with Crippen molar-refractivity contribution >= 4 is 5.97 Å². The van der Waals surface area contributed by atoms with Gasteiger partial charge in [0.05, 0.1) is 12.5 Å². The number of ether oxygens (including phenoxy) is 3. The van der Waals surface area contributed by atoms with Crippen LogP contribution in [-0.2, 0) is 11.2 Å². The summed E-state index contributed by atoms with van der Waals surface area (Å²) in [5.74, 6) is 1.13. The maximum atomic E-state index is 14.8. The van der Waals surface area contributed by atoms with Crippen molar-refractivity contribution in [3.05, 3.63) is 83.2 Å². The van der Waals surface area contributed by atoms with Crippen molar-refractivity contribution in [1.82, 2.24) is 0 Å². The minimum atomic E-state index is -0.757. The first kappa shape index (κ1) is 22.2. The molecule has 0 saturated heterocycles. The molecule has 2 aliphatic carbocycles. The maximum absolute atomic E-state index is 14.8. The van der Waals surface area contributed by atoms with E-state index in [-0.39, 0.29) is 30.9 Å². The molecule has 0 amide bonds. The molecule has 0 bridgehead atoms. The summed E-state index contributed by atoms with van der Waals surface area (Å²) >= 11 is 0. The van der Waals surface area contributed by atoms with E-state index in [1.54, 1.807) is 30.3 Å². The highest BCUT2D eigenvalue weighted by atomic mass is 19.1. The Balaban J connectivity index is 1.29. The first-order valence-corrected chi connectivity index (χ1v) is 11.4. The second-order valence-electron chi connectivity index (χ2n) is 8.58. The number of aliphatic hydroxyl groups is 1. The number of benzene rings is 3. The van der Waals surface area contributed by atoms with E-state index in [9.17, 15) is 9.18 Å². The Morgan fingerprint density at radius 3 is 2.35 bits per heavy atom. The van der Waals surface area contributed by atoms with Gasteiger partial charge in [0.2, 0.25) is 0 Å². The van der Waals surface area contributed by atoms with Gasteiger partial charge in [0.15, 0.2) is 0 Å². The van der Waals surface area contributed by atoms with Crippen LogP contribution in [-0.4, -0.2) is 29.4 Å². The molecule has 0 radical (unpaired) electrons. The van der Waals surface area contributed by atoms with Crippen LogP contribution in [0.3, 0.4) is 0 Å². The molecule has 6 nitrogen and oxygen atoms in total. The number of fused-ring (bicyclic) bond motifs is 1. The van der Waals surface area contributed by atoms with Crippen molar-refractivity contribution in [1.29, 1.82) is 0 Å². The summed E-state index contributed by atoms with van der Waals surface area (Å²) in [6.07, 6.45) is 1.50. The largest absolute Gasteiger partial charge is 0.491 e. The van der Waals surface area contributed by atoms with Crippen LogP contribution in [0.25, 0.3) is 0 Å². The molecule has 7 heteroatoms. The Morgan fingerprint density at radius 2 is 1.68 bits per heavy atom. The number of hydrogen-bond acceptors (Lipinski definition) is 5. The number of carboxylic acids is 1. The molecule has 0 aromatic heterocycles. The topological polar surface area (TPSA) is 85.2 Å². The van der Waals surface area contributed by atoms with E-state index < -0.39 is 12.1 Å². The van der Waals surface area contributed by atoms with Crippen molar-refractivity contribution in [3.8, 4) is 23.0 Å². The first-order chi connectivity index (χ1) is 16.5. The zero-order chi connectivity index (χ0) is 23.7. The maximum Gasteiger partial charge on any atom is 0.307 e. The van der Waals surface area contributed by atoms with E-state index in [4.69, 9.17) is 24.4 Å². The van der Waals surface area contributed by atoms with Gasteiger partial charge in [-0.2, -0.15) is 0 Å². The predicted molar refractivity (Wildman–Crippen MR) is 122 cm³/mol. The molecule has 1 fully saturated rings. The van der Waals surface area contributed by atoms with Crippen LogP contribution in [0.4, 0.5) is 4.39 Å². The van der Waals surface area contributed by atoms with E-state index in [0.29, 0.717) is 47.8 Å². The second kappa shape index (κ2) is 9.35. The fourth-order valence-electron chi connectivity index (χ4n) is 4.54. The molecule has 0 heterocycles. The van der Waals surface area contributed by atoms with Crippen molar-refractivity contribution in [2.45, 2.75) is 31.3 Å². The fourth-order valence-corrected chi connectivity index (χ4v) is 4.54. The Labute approximate surface area is 196 Å². The quantitative estimate of drug-likeness (QED) is 0.450. The van der Waals surface area contributed by atoms with Gasteiger partial charge in [-0.3, -0.25) is 4.79 Å². The van der Waals surface area contributed by atoms with Gasteiger partial charge < -0.3 is 24.4 Å². The minimum absolute atomic E-state index is 0.0565. The number of halogens is 1. The van der Waals surface area contributed by atoms with E-state index in [2.05, 4.69) is 0 Å². The lowest BCUT2D eigenvalue weighted by Crippen LogP contribution is -2.06. The van der Waals surface area contributed by atoms with Crippen LogP contribution in [0.5, 0.6) is 23.0 Å². The average molecular weight is 464 g/mol. The van der Waals surface area contributed by atoms with Crippen molar-refractivity contribution < 1.29 is 33.6 Å². The number of aliphatic carboxylic acids is 1. The molecule has 0 spiro atoms. The highest BCUT2D eigenvalue weighted by molar-refractivity contribution is 5.75. The molecule has 0 unspecified atom stereocenters. The third-order valence-corrected chi connectivity index (χ3v) is 6.35. The van der Waals surface area contributed by atoms with E-state index in [1.807, 2.05) is 24.3 Å². The highest BCUT2D eigenvalue weighted by Gasteiger charge is 2.44. The standard InChI is InChI=1S/C27H25FO6/c28-23-10-12-24(33-19-7-5-17(6-8-19)32-14-13-29)20-9-11-25(26(20)23)34-18-3-1-16(2-4-18)21-15-22(21)27(30)31/h1-8,10,12,21-22,25,29H,9,11,13-15H2,(H,30,31)/t21-,22+,25-/m1/s1. The number of carboxylic acid groups (broad SMARTS) is 1. The van der Waals surface area contributed by atoms with E-state index in [1.165, 1.54) is 6.07 Å². The molecule has 176 valence electrons. The summed E-state index contributed by atoms with van der Waals surface area (Å²) in [7, 11) is 0. The van der Waals surface area contributed by atoms with Gasteiger partial charge in [0.1, 0.15) is 41.5 Å². The van der Waals surface area contributed by atoms with Gasteiger partial charge in [-0.15, -0.1) is 0 Å². The SMILES string of the molecule is O=C(O)[C@H]1C[C@@H]1c1ccc(O[C@@H]2CCc3c(Oc4ccc(OCCO)cc4)ccc(F)c32)cc1. The third-order valence-electron chi connectivity index (χ3n) is 6.35. The molecule has 5 rings (SSSR count). The smallest absolute Gasteiger partial charge is 0.307 e. The molecule has 0 aliphatic heterocycles. The number of aliphatic hydroxyl groups excluding tert-OH is 1. The van der Waals surface area contributed by atoms with Crippen molar-refractivity contribution in [2.75, 3.05) is 13.2 Å². The molecule has 3 aromatic rings. The monoisotopic (exact) mass is 464 g/mol. The summed E-state index contributed by atoms with van der Waals surface area (Å²) in [4.78, 5) is 11.1. The predicted octanol–water partition coefficient (Wildman–Crippen LogP) is 5.24. The lowest BCUT2D eigenvalue weighted by molar-refractivity contribution is -0.138. The molecule has 2 aliphatic rings. The summed E-state index contributed by atoms with van der Waals surface area (Å²) in [5.41, 5.74) is 2.29. The lowest BCUT2D eigenvalue weighted by Gasteiger charge is -2.17. The van der Waals surface area contributed by atoms with Crippen molar-refractivity contribution in [3.63, 3.8) is 0 Å². The van der Waals surface area contributed by atoms with Crippen LogP contribution in [0, 0.1) is 11.7 Å². The molecule has 3 aromatic carbocycles. The number of hydrogen-bond donors (Lipinski definition) is 2. The molecule has 3 atom stereocenters. The molecular formula is C27H25FO6. The van der Waals surface area contributed by atoms with Crippen molar-refractivity contribution in [2.24, 2.45) is 5.92 Å². The third kappa shape index (κ3) is 4.56. The summed E-state index contributed by atoms with van der Waals surface area (Å²) in [5, 5.41) is 18.0. The molecule has 2 N–H and O–H groups in total. The lowest BCUT2D eigenvalue weighted by atomic mass is 10.1. The fraction of sp³-hybridized carbons (Fsp3) is 0.296. The van der Waals surface area contributed by atoms with Gasteiger partial charge in [-0.25, -0.2) is 4.39 Å². The van der Waals surface area contributed by atoms with E-state index in [0.717, 1.165) is 11.1 Å². The summed E-state index contributed by atoms with van der Waals surface area (Å²) in [6.45, 7) is 0.165. The summed E-state index contributed by atoms with van der Waals surface area (Å²) in [6, 6.07) is 17.5. The van der Waals surface area contributed by atoms with Crippen LogP contribution in [0.1, 0.15) is 41.6 Å². The zero-order valence-electron chi connectivity index (χ0n) is 18.4. The number of rotatable bonds is 9. The zero-order valence-corrected chi connectivity index (χ0v) is 18.4. The Hall–Kier alpha value is -3.58. The average Bonchev–Trinajstić information content (AvgIpc) is 3.55. The van der Waals surface area contributed by atoms with Crippen LogP contribution in [0.15, 0.2) is 60.7 Å². The highest BCUT2D eigenvalue weighted by Crippen LogP contribution is 2.48. The van der Waals surface area contributed by atoms with Gasteiger partial charge in [0, 0.05) is 11.1 Å². The van der Waals surface area contributed by atoms with Gasteiger partial charge in [-0.05, 0) is 79.3 Å². The second-order valence-corrected chi connectivity index (χ2v) is 8.58. The summed E-state index contributed by atoms with van der Waals surface area (Å²) < 4.78 is 32.3. The Morgan fingerprint density at radius 1 is 0.971 bits per heavy atom. The minimum Gasteiger partial charge on any atom is -0.491 e. The molecular weight excluding hydrogens is 439 g/mol. The number of carbonyl (C=O) groups is 1.